The van der Waals surface area contributed by atoms with Crippen LogP contribution in [-0.4, -0.2) is 16.2 Å². The maximum absolute atomic E-state index is 5.62. The van der Waals surface area contributed by atoms with Crippen LogP contribution < -0.4 is 5.73 Å². The Labute approximate surface area is 53.3 Å². The number of hydrogen-bond acceptors (Lipinski definition) is 2. The third-order valence-corrected chi connectivity index (χ3v) is 1.79. The molecule has 3 heteroatoms. The minimum atomic E-state index is 0.391. The van der Waals surface area contributed by atoms with Gasteiger partial charge in [0, 0.05) is 18.2 Å². The first-order valence-electron chi connectivity index (χ1n) is 3.12. The molecule has 0 aliphatic heterocycles. The van der Waals surface area contributed by atoms with E-state index in [1.165, 1.54) is 5.56 Å². The van der Waals surface area contributed by atoms with Crippen molar-refractivity contribution < 1.29 is 0 Å². The van der Waals surface area contributed by atoms with Crippen molar-refractivity contribution in [1.82, 2.24) is 10.2 Å². The summed E-state index contributed by atoms with van der Waals surface area (Å²) in [6.45, 7) is 0. The maximum atomic E-state index is 5.62. The number of nitrogens with zero attached hydrogens (tertiary/aromatic N) is 1. The third kappa shape index (κ3) is 0.733. The van der Waals surface area contributed by atoms with Crippen molar-refractivity contribution >= 4 is 0 Å². The fourth-order valence-corrected chi connectivity index (χ4v) is 1.06. The van der Waals surface area contributed by atoms with Gasteiger partial charge in [0.1, 0.15) is 0 Å². The van der Waals surface area contributed by atoms with E-state index in [1.807, 2.05) is 12.4 Å². The first-order valence-corrected chi connectivity index (χ1v) is 3.12. The minimum absolute atomic E-state index is 0.391. The van der Waals surface area contributed by atoms with Gasteiger partial charge < -0.3 is 5.73 Å². The van der Waals surface area contributed by atoms with Gasteiger partial charge in [0.05, 0.1) is 6.20 Å². The van der Waals surface area contributed by atoms with Crippen molar-refractivity contribution in [3.63, 3.8) is 0 Å². The number of hydrogen-bond donors (Lipinski definition) is 2. The second-order valence-corrected chi connectivity index (χ2v) is 2.54. The molecular weight excluding hydrogens is 114 g/mol. The van der Waals surface area contributed by atoms with Crippen molar-refractivity contribution in [3.05, 3.63) is 18.0 Å². The first-order chi connectivity index (χ1) is 4.38. The van der Waals surface area contributed by atoms with Crippen LogP contribution in [0.3, 0.4) is 0 Å². The van der Waals surface area contributed by atoms with E-state index >= 15 is 0 Å². The molecule has 1 heterocycles. The Kier molecular flexibility index (Phi) is 0.873. The highest BCUT2D eigenvalue weighted by Crippen LogP contribution is 2.37. The highest BCUT2D eigenvalue weighted by atomic mass is 15.1. The van der Waals surface area contributed by atoms with Gasteiger partial charge in [-0.3, -0.25) is 5.10 Å². The summed E-state index contributed by atoms with van der Waals surface area (Å²) in [5.74, 6) is 0.587. The van der Waals surface area contributed by atoms with Crippen LogP contribution in [0.5, 0.6) is 0 Å². The lowest BCUT2D eigenvalue weighted by Gasteiger charge is -1.85. The minimum Gasteiger partial charge on any atom is -0.327 e. The van der Waals surface area contributed by atoms with Gasteiger partial charge in [-0.05, 0) is 12.0 Å². The molecule has 9 heavy (non-hydrogen) atoms. The quantitative estimate of drug-likeness (QED) is 0.561. The summed E-state index contributed by atoms with van der Waals surface area (Å²) in [6.07, 6.45) is 4.88. The lowest BCUT2D eigenvalue weighted by atomic mass is 10.2. The number of aromatic nitrogens is 2. The lowest BCUT2D eigenvalue weighted by Crippen LogP contribution is -2.00. The molecule has 3 N–H and O–H groups in total. The molecule has 1 aliphatic rings. The van der Waals surface area contributed by atoms with Gasteiger partial charge in [0.2, 0.25) is 0 Å². The monoisotopic (exact) mass is 123 g/mol. The molecule has 48 valence electrons. The van der Waals surface area contributed by atoms with Crippen LogP contribution in [0.1, 0.15) is 17.9 Å². The van der Waals surface area contributed by atoms with E-state index in [0.29, 0.717) is 12.0 Å². The summed E-state index contributed by atoms with van der Waals surface area (Å²) >= 11 is 0. The van der Waals surface area contributed by atoms with Crippen LogP contribution in [0.2, 0.25) is 0 Å². The molecule has 0 spiro atoms. The Hall–Kier alpha value is -0.830. The molecule has 3 nitrogen and oxygen atoms in total. The summed E-state index contributed by atoms with van der Waals surface area (Å²) in [5.41, 5.74) is 6.87. The molecule has 1 saturated carbocycles. The molecule has 1 aliphatic carbocycles. The molecule has 1 aromatic rings. The number of aromatic amines is 1. The van der Waals surface area contributed by atoms with E-state index < -0.39 is 0 Å². The van der Waals surface area contributed by atoms with Crippen LogP contribution in [0.4, 0.5) is 0 Å². The fourth-order valence-electron chi connectivity index (χ4n) is 1.06. The highest BCUT2D eigenvalue weighted by molar-refractivity contribution is 5.21. The Bertz CT molecular complexity index is 192. The van der Waals surface area contributed by atoms with E-state index in [9.17, 15) is 0 Å². The van der Waals surface area contributed by atoms with E-state index in [4.69, 9.17) is 5.73 Å². The van der Waals surface area contributed by atoms with Crippen LogP contribution >= 0.6 is 0 Å². The molecule has 1 aromatic heterocycles. The lowest BCUT2D eigenvalue weighted by molar-refractivity contribution is 0.992. The second kappa shape index (κ2) is 1.57. The van der Waals surface area contributed by atoms with Crippen LogP contribution in [0, 0.1) is 0 Å². The predicted octanol–water partition coefficient (Wildman–Crippen LogP) is 0.224. The van der Waals surface area contributed by atoms with Gasteiger partial charge in [0.15, 0.2) is 0 Å². The number of rotatable bonds is 1. The SMILES string of the molecule is NC1CC1c1cn[nH]c1. The van der Waals surface area contributed by atoms with Crippen molar-refractivity contribution in [2.75, 3.05) is 0 Å². The van der Waals surface area contributed by atoms with Crippen LogP contribution in [0.15, 0.2) is 12.4 Å². The average Bonchev–Trinajstić information content (AvgIpc) is 2.44. The van der Waals surface area contributed by atoms with Crippen molar-refractivity contribution in [1.29, 1.82) is 0 Å². The summed E-state index contributed by atoms with van der Waals surface area (Å²) < 4.78 is 0. The van der Waals surface area contributed by atoms with Gasteiger partial charge in [0.25, 0.3) is 0 Å². The van der Waals surface area contributed by atoms with Gasteiger partial charge in [-0.2, -0.15) is 5.10 Å². The molecule has 2 unspecified atom stereocenters. The molecule has 0 saturated heterocycles. The molecule has 2 atom stereocenters. The number of nitrogens with two attached hydrogens (primary N) is 1. The summed E-state index contributed by atoms with van der Waals surface area (Å²) in [5, 5.41) is 6.60. The molecule has 0 aromatic carbocycles. The number of H-pyrrole nitrogens is 1. The largest absolute Gasteiger partial charge is 0.327 e. The Morgan fingerprint density at radius 2 is 2.56 bits per heavy atom. The zero-order valence-electron chi connectivity index (χ0n) is 5.04. The smallest absolute Gasteiger partial charge is 0.0522 e. The van der Waals surface area contributed by atoms with Crippen molar-refractivity contribution in [2.45, 2.75) is 18.4 Å². The Morgan fingerprint density at radius 1 is 1.78 bits per heavy atom. The van der Waals surface area contributed by atoms with E-state index in [0.717, 1.165) is 6.42 Å². The molecule has 0 amide bonds. The molecule has 0 radical (unpaired) electrons. The van der Waals surface area contributed by atoms with Crippen LogP contribution in [-0.2, 0) is 0 Å². The second-order valence-electron chi connectivity index (χ2n) is 2.54. The standard InChI is InChI=1S/C6H9N3/c7-6-1-5(6)4-2-8-9-3-4/h2-3,5-6H,1,7H2,(H,8,9). The van der Waals surface area contributed by atoms with E-state index in [1.54, 1.807) is 0 Å². The molecule has 2 rings (SSSR count). The normalized spacial score (nSPS) is 32.6. The zero-order chi connectivity index (χ0) is 6.27. The Balaban J connectivity index is 2.18. The van der Waals surface area contributed by atoms with Crippen molar-refractivity contribution in [2.24, 2.45) is 5.73 Å². The summed E-state index contributed by atoms with van der Waals surface area (Å²) in [4.78, 5) is 0. The molecular formula is C6H9N3. The van der Waals surface area contributed by atoms with E-state index in [-0.39, 0.29) is 0 Å². The average molecular weight is 123 g/mol. The summed E-state index contributed by atoms with van der Waals surface area (Å²) in [7, 11) is 0. The van der Waals surface area contributed by atoms with Gasteiger partial charge >= 0.3 is 0 Å². The number of nitrogens with one attached hydrogen (secondary N) is 1. The van der Waals surface area contributed by atoms with Gasteiger partial charge in [-0.1, -0.05) is 0 Å². The first kappa shape index (κ1) is 4.99. The molecule has 0 bridgehead atoms. The predicted molar refractivity (Wildman–Crippen MR) is 33.9 cm³/mol. The Morgan fingerprint density at radius 3 is 3.00 bits per heavy atom. The van der Waals surface area contributed by atoms with Crippen LogP contribution in [0.25, 0.3) is 0 Å². The third-order valence-electron chi connectivity index (χ3n) is 1.79. The van der Waals surface area contributed by atoms with Gasteiger partial charge in [-0.25, -0.2) is 0 Å². The van der Waals surface area contributed by atoms with E-state index in [2.05, 4.69) is 10.2 Å². The fraction of sp³-hybridized carbons (Fsp3) is 0.500. The summed E-state index contributed by atoms with van der Waals surface area (Å²) in [6, 6.07) is 0.391. The molecule has 1 fully saturated rings. The van der Waals surface area contributed by atoms with Gasteiger partial charge in [-0.15, -0.1) is 0 Å². The zero-order valence-corrected chi connectivity index (χ0v) is 5.04. The highest BCUT2D eigenvalue weighted by Gasteiger charge is 2.35. The van der Waals surface area contributed by atoms with Crippen molar-refractivity contribution in [3.8, 4) is 0 Å². The topological polar surface area (TPSA) is 54.7 Å². The maximum Gasteiger partial charge on any atom is 0.0522 e.